The van der Waals surface area contributed by atoms with Crippen LogP contribution in [0.25, 0.3) is 0 Å². The molecule has 2 aromatic rings. The number of hydrogen-bond donors (Lipinski definition) is 3. The quantitative estimate of drug-likeness (QED) is 0.442. The van der Waals surface area contributed by atoms with Crippen molar-refractivity contribution in [3.63, 3.8) is 0 Å². The molecule has 4 N–H and O–H groups in total. The van der Waals surface area contributed by atoms with E-state index >= 15 is 0 Å². The van der Waals surface area contributed by atoms with Crippen molar-refractivity contribution < 1.29 is 19.5 Å². The van der Waals surface area contributed by atoms with Crippen molar-refractivity contribution in [1.82, 2.24) is 0 Å². The third kappa shape index (κ3) is 3.70. The van der Waals surface area contributed by atoms with Crippen LogP contribution >= 0.6 is 0 Å². The number of amides is 3. The van der Waals surface area contributed by atoms with Crippen LogP contribution in [0.3, 0.4) is 0 Å². The van der Waals surface area contributed by atoms with Crippen LogP contribution in [0.2, 0.25) is 0 Å². The molecular formula is C17H17N3O4. The number of hydrogen-bond acceptors (Lipinski definition) is 5. The number of carbonyl (C=O) groups is 3. The number of imide groups is 1. The van der Waals surface area contributed by atoms with Gasteiger partial charge in [-0.2, -0.15) is 0 Å². The van der Waals surface area contributed by atoms with Crippen LogP contribution < -0.4 is 16.0 Å². The lowest BCUT2D eigenvalue weighted by molar-refractivity contribution is -0.136. The van der Waals surface area contributed by atoms with Crippen LogP contribution in [0.5, 0.6) is 5.75 Å². The van der Waals surface area contributed by atoms with Gasteiger partial charge in [-0.3, -0.25) is 14.4 Å². The van der Waals surface area contributed by atoms with Crippen molar-refractivity contribution in [3.05, 3.63) is 48.0 Å². The second kappa shape index (κ2) is 6.82. The number of benzene rings is 2. The van der Waals surface area contributed by atoms with E-state index in [0.717, 1.165) is 4.90 Å². The van der Waals surface area contributed by atoms with Gasteiger partial charge in [-0.25, -0.2) is 4.90 Å². The number of aromatic hydroxyl groups is 1. The fourth-order valence-electron chi connectivity index (χ4n) is 2.17. The van der Waals surface area contributed by atoms with Crippen LogP contribution in [0.1, 0.15) is 12.5 Å². The largest absolute Gasteiger partial charge is 0.508 e. The molecule has 0 spiro atoms. The van der Waals surface area contributed by atoms with Crippen LogP contribution in [0, 0.1) is 6.92 Å². The number of nitrogens with one attached hydrogen (secondary N) is 1. The standard InChI is InChI=1S/C17H17N3O4/c1-10-8-14(22)6-7-15(10)19-16(23)17(24)20(11(2)21)13-5-3-4-12(18)9-13/h3-9,22H,18H2,1-2H3,(H,19,23). The number of rotatable bonds is 2. The maximum Gasteiger partial charge on any atom is 0.323 e. The third-order valence-electron chi connectivity index (χ3n) is 3.30. The predicted molar refractivity (Wildman–Crippen MR) is 90.5 cm³/mol. The number of nitrogens with two attached hydrogens (primary N) is 1. The summed E-state index contributed by atoms with van der Waals surface area (Å²) in [5.41, 5.74) is 7.17. The summed E-state index contributed by atoms with van der Waals surface area (Å²) >= 11 is 0. The Labute approximate surface area is 138 Å². The average Bonchev–Trinajstić information content (AvgIpc) is 2.49. The number of anilines is 3. The Morgan fingerprint density at radius 1 is 1.12 bits per heavy atom. The number of aryl methyl sites for hydroxylation is 1. The molecule has 0 radical (unpaired) electrons. The zero-order chi connectivity index (χ0) is 17.9. The van der Waals surface area contributed by atoms with Gasteiger partial charge in [-0.15, -0.1) is 0 Å². The molecule has 2 rings (SSSR count). The van der Waals surface area contributed by atoms with E-state index in [0.29, 0.717) is 16.9 Å². The Kier molecular flexibility index (Phi) is 4.84. The van der Waals surface area contributed by atoms with Gasteiger partial charge in [0, 0.05) is 18.3 Å². The van der Waals surface area contributed by atoms with E-state index in [1.54, 1.807) is 19.1 Å². The molecule has 0 aliphatic heterocycles. The molecule has 0 saturated carbocycles. The lowest BCUT2D eigenvalue weighted by Gasteiger charge is -2.19. The molecule has 7 heteroatoms. The van der Waals surface area contributed by atoms with Gasteiger partial charge >= 0.3 is 11.8 Å². The van der Waals surface area contributed by atoms with E-state index in [1.807, 2.05) is 0 Å². The van der Waals surface area contributed by atoms with E-state index in [4.69, 9.17) is 5.73 Å². The molecule has 0 heterocycles. The Balaban J connectivity index is 2.26. The van der Waals surface area contributed by atoms with E-state index in [-0.39, 0.29) is 11.4 Å². The highest BCUT2D eigenvalue weighted by molar-refractivity contribution is 6.48. The Bertz CT molecular complexity index is 817. The maximum absolute atomic E-state index is 12.4. The van der Waals surface area contributed by atoms with Crippen LogP contribution in [0.4, 0.5) is 17.1 Å². The molecule has 0 fully saturated rings. The van der Waals surface area contributed by atoms with E-state index in [9.17, 15) is 19.5 Å². The van der Waals surface area contributed by atoms with E-state index < -0.39 is 17.7 Å². The van der Waals surface area contributed by atoms with Crippen LogP contribution in [-0.4, -0.2) is 22.8 Å². The van der Waals surface area contributed by atoms with Crippen LogP contribution in [0.15, 0.2) is 42.5 Å². The number of nitrogen functional groups attached to an aromatic ring is 1. The summed E-state index contributed by atoms with van der Waals surface area (Å²) in [6, 6.07) is 10.4. The molecule has 0 saturated heterocycles. The highest BCUT2D eigenvalue weighted by Crippen LogP contribution is 2.21. The second-order valence-corrected chi connectivity index (χ2v) is 5.21. The summed E-state index contributed by atoms with van der Waals surface area (Å²) in [4.78, 5) is 37.2. The van der Waals surface area contributed by atoms with Gasteiger partial charge in [-0.05, 0) is 48.9 Å². The van der Waals surface area contributed by atoms with Crippen molar-refractivity contribution in [1.29, 1.82) is 0 Å². The van der Waals surface area contributed by atoms with Crippen molar-refractivity contribution >= 4 is 34.8 Å². The molecule has 2 aromatic carbocycles. The van der Waals surface area contributed by atoms with E-state index in [1.165, 1.54) is 37.3 Å². The zero-order valence-electron chi connectivity index (χ0n) is 13.2. The molecule has 0 atom stereocenters. The third-order valence-corrected chi connectivity index (χ3v) is 3.30. The molecule has 0 aliphatic rings. The summed E-state index contributed by atoms with van der Waals surface area (Å²) in [5.74, 6) is -2.56. The van der Waals surface area contributed by atoms with Gasteiger partial charge in [0.15, 0.2) is 0 Å². The maximum atomic E-state index is 12.4. The molecule has 24 heavy (non-hydrogen) atoms. The van der Waals surface area contributed by atoms with Crippen molar-refractivity contribution in [2.75, 3.05) is 16.0 Å². The highest BCUT2D eigenvalue weighted by atomic mass is 16.3. The first-order chi connectivity index (χ1) is 11.3. The Morgan fingerprint density at radius 2 is 1.83 bits per heavy atom. The fourth-order valence-corrected chi connectivity index (χ4v) is 2.17. The number of nitrogens with zero attached hydrogens (tertiary/aromatic N) is 1. The van der Waals surface area contributed by atoms with Gasteiger partial charge in [0.25, 0.3) is 0 Å². The summed E-state index contributed by atoms with van der Waals surface area (Å²) in [7, 11) is 0. The molecule has 0 unspecified atom stereocenters. The lowest BCUT2D eigenvalue weighted by Crippen LogP contribution is -2.42. The second-order valence-electron chi connectivity index (χ2n) is 5.21. The van der Waals surface area contributed by atoms with Crippen molar-refractivity contribution in [2.45, 2.75) is 13.8 Å². The molecule has 0 bridgehead atoms. The minimum absolute atomic E-state index is 0.0435. The number of carbonyl (C=O) groups excluding carboxylic acids is 3. The number of phenols is 1. The number of phenolic OH excluding ortho intramolecular Hbond substituents is 1. The van der Waals surface area contributed by atoms with Gasteiger partial charge in [0.2, 0.25) is 5.91 Å². The summed E-state index contributed by atoms with van der Waals surface area (Å²) in [6.07, 6.45) is 0. The Morgan fingerprint density at radius 3 is 2.42 bits per heavy atom. The first-order valence-electron chi connectivity index (χ1n) is 7.10. The minimum Gasteiger partial charge on any atom is -0.508 e. The first-order valence-corrected chi connectivity index (χ1v) is 7.10. The minimum atomic E-state index is -1.03. The monoisotopic (exact) mass is 327 g/mol. The fraction of sp³-hybridized carbons (Fsp3) is 0.118. The van der Waals surface area contributed by atoms with Gasteiger partial charge in [0.05, 0.1) is 5.69 Å². The zero-order valence-corrected chi connectivity index (χ0v) is 13.2. The lowest BCUT2D eigenvalue weighted by atomic mass is 10.2. The molecule has 0 aromatic heterocycles. The SMILES string of the molecule is CC(=O)N(C(=O)C(=O)Nc1ccc(O)cc1C)c1cccc(N)c1. The van der Waals surface area contributed by atoms with Gasteiger partial charge < -0.3 is 16.2 Å². The topological polar surface area (TPSA) is 113 Å². The smallest absolute Gasteiger partial charge is 0.323 e. The molecule has 0 aliphatic carbocycles. The summed E-state index contributed by atoms with van der Waals surface area (Å²) in [6.45, 7) is 2.85. The predicted octanol–water partition coefficient (Wildman–Crippen LogP) is 1.80. The average molecular weight is 327 g/mol. The van der Waals surface area contributed by atoms with Gasteiger partial charge in [-0.1, -0.05) is 6.07 Å². The van der Waals surface area contributed by atoms with Gasteiger partial charge in [0.1, 0.15) is 5.75 Å². The molecule has 7 nitrogen and oxygen atoms in total. The van der Waals surface area contributed by atoms with Crippen molar-refractivity contribution in [2.24, 2.45) is 0 Å². The normalized spacial score (nSPS) is 10.1. The molecular weight excluding hydrogens is 310 g/mol. The summed E-state index contributed by atoms with van der Waals surface area (Å²) in [5, 5.41) is 11.8. The molecule has 3 amide bonds. The van der Waals surface area contributed by atoms with Crippen LogP contribution in [-0.2, 0) is 14.4 Å². The van der Waals surface area contributed by atoms with E-state index in [2.05, 4.69) is 5.32 Å². The molecule has 124 valence electrons. The van der Waals surface area contributed by atoms with Crippen molar-refractivity contribution in [3.8, 4) is 5.75 Å². The summed E-state index contributed by atoms with van der Waals surface area (Å²) < 4.78 is 0. The first kappa shape index (κ1) is 17.0. The Hall–Kier alpha value is -3.35. The highest BCUT2D eigenvalue weighted by Gasteiger charge is 2.27.